The second-order valence-electron chi connectivity index (χ2n) is 14.7. The summed E-state index contributed by atoms with van der Waals surface area (Å²) < 4.78 is 12.0. The molecule has 3 saturated heterocycles. The van der Waals surface area contributed by atoms with Gasteiger partial charge in [0.15, 0.2) is 0 Å². The normalized spacial score (nSPS) is 20.2. The van der Waals surface area contributed by atoms with Gasteiger partial charge in [-0.05, 0) is 68.1 Å². The molecule has 0 saturated carbocycles. The Morgan fingerprint density at radius 2 is 1.67 bits per heavy atom. The molecule has 0 aliphatic carbocycles. The lowest BCUT2D eigenvalue weighted by Crippen LogP contribution is -2.59. The number of piperazine rings is 1. The predicted molar refractivity (Wildman–Crippen MR) is 197 cm³/mol. The second-order valence-corrected chi connectivity index (χ2v) is 14.7. The number of anilines is 2. The molecule has 0 spiro atoms. The average Bonchev–Trinajstić information content (AvgIpc) is 3.43. The zero-order valence-electron chi connectivity index (χ0n) is 30.0. The number of nitrogens with one attached hydrogen (secondary N) is 2. The molecule has 0 radical (unpaired) electrons. The molecule has 4 aliphatic rings. The van der Waals surface area contributed by atoms with E-state index in [1.165, 1.54) is 0 Å². The molecule has 2 aromatic carbocycles. The molecule has 1 atom stereocenters. The first kappa shape index (κ1) is 33.7. The van der Waals surface area contributed by atoms with Crippen molar-refractivity contribution in [3.63, 3.8) is 0 Å². The summed E-state index contributed by atoms with van der Waals surface area (Å²) in [5, 5.41) is 3.73. The summed E-state index contributed by atoms with van der Waals surface area (Å²) in [4.78, 5) is 66.5. The summed E-state index contributed by atoms with van der Waals surface area (Å²) in [6.07, 6.45) is 5.11. The summed E-state index contributed by atoms with van der Waals surface area (Å²) >= 11 is 0. The lowest BCUT2D eigenvalue weighted by molar-refractivity contribution is -0.136. The zero-order chi connectivity index (χ0) is 36.3. The number of amides is 3. The quantitative estimate of drug-likeness (QED) is 0.261. The molecule has 4 aliphatic heterocycles. The number of H-pyrrole nitrogens is 1. The van der Waals surface area contributed by atoms with Gasteiger partial charge < -0.3 is 29.2 Å². The minimum Gasteiger partial charge on any atom is -0.496 e. The number of aromatic amines is 1. The van der Waals surface area contributed by atoms with Crippen LogP contribution in [-0.4, -0.2) is 96.0 Å². The number of carbonyl (C=O) groups is 3. The first-order chi connectivity index (χ1) is 25.0. The molecular formula is C39H43N7O6. The highest BCUT2D eigenvalue weighted by Crippen LogP contribution is 2.40. The van der Waals surface area contributed by atoms with Crippen molar-refractivity contribution in [2.45, 2.75) is 57.8 Å². The molecule has 270 valence electrons. The summed E-state index contributed by atoms with van der Waals surface area (Å²) in [6.45, 7) is 9.50. The summed E-state index contributed by atoms with van der Waals surface area (Å²) in [7, 11) is 3.33. The SMILES string of the molecule is COc1cc(-c2c[nH]c(=O)c3cnc(N4CCC4)cc23)cc(OC)c1CN1CCN(c2ccc3c(c2)C(=O)N(C2CCC(=O)NC2=O)C3)CC1(C)C. The van der Waals surface area contributed by atoms with E-state index < -0.39 is 11.9 Å². The van der Waals surface area contributed by atoms with Crippen LogP contribution in [0.5, 0.6) is 11.5 Å². The Morgan fingerprint density at radius 3 is 2.35 bits per heavy atom. The maximum atomic E-state index is 13.5. The van der Waals surface area contributed by atoms with E-state index in [1.54, 1.807) is 31.5 Å². The minimum absolute atomic E-state index is 0.171. The van der Waals surface area contributed by atoms with Crippen LogP contribution < -0.4 is 30.1 Å². The predicted octanol–water partition coefficient (Wildman–Crippen LogP) is 3.68. The number of benzene rings is 2. The van der Waals surface area contributed by atoms with Crippen LogP contribution in [-0.2, 0) is 22.7 Å². The van der Waals surface area contributed by atoms with Gasteiger partial charge in [-0.25, -0.2) is 4.98 Å². The molecule has 8 rings (SSSR count). The minimum atomic E-state index is -0.636. The topological polar surface area (TPSA) is 140 Å². The van der Waals surface area contributed by atoms with Crippen LogP contribution in [0, 0.1) is 0 Å². The molecule has 1 unspecified atom stereocenters. The molecule has 0 bridgehead atoms. The van der Waals surface area contributed by atoms with Crippen LogP contribution in [0.1, 0.15) is 54.6 Å². The molecule has 3 amide bonds. The zero-order valence-corrected chi connectivity index (χ0v) is 30.0. The van der Waals surface area contributed by atoms with Crippen LogP contribution in [0.4, 0.5) is 11.5 Å². The van der Waals surface area contributed by atoms with Crippen molar-refractivity contribution in [3.05, 3.63) is 75.8 Å². The van der Waals surface area contributed by atoms with E-state index in [-0.39, 0.29) is 29.3 Å². The molecule has 4 aromatic rings. The van der Waals surface area contributed by atoms with Crippen molar-refractivity contribution in [3.8, 4) is 22.6 Å². The van der Waals surface area contributed by atoms with Gasteiger partial charge in [0.2, 0.25) is 11.8 Å². The monoisotopic (exact) mass is 705 g/mol. The molecule has 2 N–H and O–H groups in total. The maximum Gasteiger partial charge on any atom is 0.257 e. The number of imide groups is 1. The van der Waals surface area contributed by atoms with Crippen molar-refractivity contribution >= 4 is 40.0 Å². The molecule has 3 fully saturated rings. The Labute approximate surface area is 301 Å². The van der Waals surface area contributed by atoms with E-state index in [2.05, 4.69) is 49.9 Å². The number of hydrogen-bond acceptors (Lipinski definition) is 10. The number of aromatic nitrogens is 2. The van der Waals surface area contributed by atoms with Crippen molar-refractivity contribution in [2.24, 2.45) is 0 Å². The molecule has 13 nitrogen and oxygen atoms in total. The van der Waals surface area contributed by atoms with Gasteiger partial charge in [-0.1, -0.05) is 6.07 Å². The maximum absolute atomic E-state index is 13.5. The highest BCUT2D eigenvalue weighted by atomic mass is 16.5. The van der Waals surface area contributed by atoms with Crippen LogP contribution in [0.3, 0.4) is 0 Å². The van der Waals surface area contributed by atoms with Gasteiger partial charge in [-0.2, -0.15) is 0 Å². The third-order valence-corrected chi connectivity index (χ3v) is 11.2. The molecular weight excluding hydrogens is 662 g/mol. The van der Waals surface area contributed by atoms with Crippen LogP contribution in [0.2, 0.25) is 0 Å². The number of pyridine rings is 2. The van der Waals surface area contributed by atoms with E-state index in [9.17, 15) is 19.2 Å². The number of rotatable bonds is 8. The van der Waals surface area contributed by atoms with Gasteiger partial charge in [0.05, 0.1) is 25.2 Å². The van der Waals surface area contributed by atoms with Crippen molar-refractivity contribution in [1.29, 1.82) is 0 Å². The van der Waals surface area contributed by atoms with E-state index >= 15 is 0 Å². The summed E-state index contributed by atoms with van der Waals surface area (Å²) in [5.41, 5.74) is 4.69. The van der Waals surface area contributed by atoms with Gasteiger partial charge >= 0.3 is 0 Å². The highest BCUT2D eigenvalue weighted by Gasteiger charge is 2.40. The Hall–Kier alpha value is -5.43. The first-order valence-electron chi connectivity index (χ1n) is 17.8. The van der Waals surface area contributed by atoms with E-state index in [0.717, 1.165) is 78.3 Å². The van der Waals surface area contributed by atoms with Gasteiger partial charge in [0.1, 0.15) is 23.4 Å². The summed E-state index contributed by atoms with van der Waals surface area (Å²) in [5.74, 6) is 1.38. The molecule has 6 heterocycles. The number of hydrogen-bond donors (Lipinski definition) is 2. The number of methoxy groups -OCH3 is 2. The standard InChI is InChI=1S/C39H43N7O6/c1-39(2)22-44(25-7-6-23-20-46(38(50)26(23)16-25)31-8-9-35(47)42-37(31)49)12-13-45(39)21-30-32(51-3)14-24(15-33(30)52-4)28-18-41-36(48)29-19-40-34(17-27(28)29)43-10-5-11-43/h6-7,14-19,31H,5,8-13,20-22H2,1-4H3,(H,41,48)(H,42,47,49). The fraction of sp³-hybridized carbons (Fsp3) is 0.410. The third-order valence-electron chi connectivity index (χ3n) is 11.2. The largest absolute Gasteiger partial charge is 0.496 e. The van der Waals surface area contributed by atoms with Crippen LogP contribution >= 0.6 is 0 Å². The van der Waals surface area contributed by atoms with Gasteiger partial charge in [0, 0.05) is 92.4 Å². The van der Waals surface area contributed by atoms with Gasteiger partial charge in [-0.3, -0.25) is 29.4 Å². The van der Waals surface area contributed by atoms with Crippen LogP contribution in [0.15, 0.2) is 53.6 Å². The smallest absolute Gasteiger partial charge is 0.257 e. The number of carbonyl (C=O) groups excluding carboxylic acids is 3. The number of ether oxygens (including phenoxy) is 2. The fourth-order valence-electron chi connectivity index (χ4n) is 8.03. The molecule has 52 heavy (non-hydrogen) atoms. The summed E-state index contributed by atoms with van der Waals surface area (Å²) in [6, 6.07) is 11.4. The number of nitrogens with zero attached hydrogens (tertiary/aromatic N) is 5. The fourth-order valence-corrected chi connectivity index (χ4v) is 8.03. The number of piperidine rings is 1. The lowest BCUT2D eigenvalue weighted by Gasteiger charge is -2.48. The van der Waals surface area contributed by atoms with Gasteiger partial charge in [0.25, 0.3) is 11.5 Å². The average molecular weight is 706 g/mol. The van der Waals surface area contributed by atoms with E-state index in [1.807, 2.05) is 30.3 Å². The van der Waals surface area contributed by atoms with Crippen molar-refractivity contribution < 1.29 is 23.9 Å². The Morgan fingerprint density at radius 1 is 0.904 bits per heavy atom. The van der Waals surface area contributed by atoms with E-state index in [0.29, 0.717) is 42.0 Å². The Bertz CT molecular complexity index is 2150. The van der Waals surface area contributed by atoms with Crippen molar-refractivity contribution in [2.75, 3.05) is 56.7 Å². The van der Waals surface area contributed by atoms with Crippen molar-refractivity contribution in [1.82, 2.24) is 25.1 Å². The molecule has 13 heteroatoms. The Kier molecular flexibility index (Phi) is 8.40. The van der Waals surface area contributed by atoms with Crippen LogP contribution in [0.25, 0.3) is 21.9 Å². The first-order valence-corrected chi connectivity index (χ1v) is 17.8. The third kappa shape index (κ3) is 5.82. The lowest BCUT2D eigenvalue weighted by atomic mass is 9.95. The Balaban J connectivity index is 1.02. The van der Waals surface area contributed by atoms with E-state index in [4.69, 9.17) is 9.47 Å². The second kappa shape index (κ2) is 13.0. The molecule has 2 aromatic heterocycles. The number of fused-ring (bicyclic) bond motifs is 2. The highest BCUT2D eigenvalue weighted by molar-refractivity contribution is 6.05. The van der Waals surface area contributed by atoms with Gasteiger partial charge in [-0.15, -0.1) is 0 Å².